The molecule has 0 amide bonds. The van der Waals surface area contributed by atoms with E-state index in [4.69, 9.17) is 0 Å². The van der Waals surface area contributed by atoms with Crippen LogP contribution in [0.25, 0.3) is 0 Å². The van der Waals surface area contributed by atoms with Crippen molar-refractivity contribution in [2.24, 2.45) is 13.0 Å². The maximum Gasteiger partial charge on any atom is 0.176 e. The monoisotopic (exact) mass is 209 g/mol. The van der Waals surface area contributed by atoms with Crippen LogP contribution in [0.1, 0.15) is 32.5 Å². The van der Waals surface area contributed by atoms with Crippen molar-refractivity contribution >= 4 is 0 Å². The molecule has 1 N–H and O–H groups in total. The smallest absolute Gasteiger partial charge is 0.176 e. The molecule has 2 heterocycles. The first kappa shape index (κ1) is 10.5. The number of hydrogen-bond donors (Lipinski definition) is 1. The summed E-state index contributed by atoms with van der Waals surface area (Å²) in [7, 11) is 1.81. The number of tetrazole rings is 1. The quantitative estimate of drug-likeness (QED) is 0.789. The van der Waals surface area contributed by atoms with Gasteiger partial charge in [0.25, 0.3) is 0 Å². The summed E-state index contributed by atoms with van der Waals surface area (Å²) in [5.41, 5.74) is 0.184. The lowest BCUT2D eigenvalue weighted by Crippen LogP contribution is -2.47. The van der Waals surface area contributed by atoms with Gasteiger partial charge in [0.15, 0.2) is 5.82 Å². The van der Waals surface area contributed by atoms with Crippen molar-refractivity contribution < 1.29 is 0 Å². The molecule has 1 aliphatic rings. The van der Waals surface area contributed by atoms with Crippen LogP contribution in [0.3, 0.4) is 0 Å². The van der Waals surface area contributed by atoms with Gasteiger partial charge in [0.2, 0.25) is 0 Å². The highest BCUT2D eigenvalue weighted by atomic mass is 15.6. The fourth-order valence-corrected chi connectivity index (χ4v) is 2.35. The van der Waals surface area contributed by atoms with Crippen LogP contribution in [0.5, 0.6) is 0 Å². The lowest BCUT2D eigenvalue weighted by atomic mass is 9.82. The van der Waals surface area contributed by atoms with Gasteiger partial charge in [-0.25, -0.2) is 0 Å². The molecule has 1 aromatic rings. The predicted molar refractivity (Wildman–Crippen MR) is 57.3 cm³/mol. The summed E-state index contributed by atoms with van der Waals surface area (Å²) in [4.78, 5) is 1.53. The molecule has 0 aliphatic carbocycles. The molecule has 1 aliphatic heterocycles. The Bertz CT molecular complexity index is 324. The van der Waals surface area contributed by atoms with Gasteiger partial charge in [0, 0.05) is 12.0 Å². The van der Waals surface area contributed by atoms with Crippen molar-refractivity contribution in [3.05, 3.63) is 5.82 Å². The highest BCUT2D eigenvalue weighted by Crippen LogP contribution is 2.30. The summed E-state index contributed by atoms with van der Waals surface area (Å²) in [6.07, 6.45) is 3.35. The highest BCUT2D eigenvalue weighted by molar-refractivity contribution is 5.02. The van der Waals surface area contributed by atoms with E-state index >= 15 is 0 Å². The highest BCUT2D eigenvalue weighted by Gasteiger charge is 2.37. The maximum atomic E-state index is 4.26. The van der Waals surface area contributed by atoms with E-state index in [0.717, 1.165) is 18.8 Å². The summed E-state index contributed by atoms with van der Waals surface area (Å²) in [6.45, 7) is 5.63. The van der Waals surface area contributed by atoms with Crippen molar-refractivity contribution in [1.29, 1.82) is 0 Å². The molecule has 0 bridgehead atoms. The SMILES string of the molecule is CC(C)C1(Cc2nnn(C)n2)CCCN1. The van der Waals surface area contributed by atoms with Crippen molar-refractivity contribution in [2.45, 2.75) is 38.6 Å². The third-order valence-electron chi connectivity index (χ3n) is 3.41. The zero-order valence-electron chi connectivity index (χ0n) is 9.69. The van der Waals surface area contributed by atoms with Crippen LogP contribution in [0.15, 0.2) is 0 Å². The Labute approximate surface area is 90.2 Å². The van der Waals surface area contributed by atoms with Crippen LogP contribution in [-0.2, 0) is 13.5 Å². The van der Waals surface area contributed by atoms with E-state index in [0.29, 0.717) is 5.92 Å². The van der Waals surface area contributed by atoms with Gasteiger partial charge in [0.1, 0.15) is 0 Å². The average molecular weight is 209 g/mol. The Hall–Kier alpha value is -0.970. The molecular weight excluding hydrogens is 190 g/mol. The van der Waals surface area contributed by atoms with Crippen LogP contribution in [0.2, 0.25) is 0 Å². The third-order valence-corrected chi connectivity index (χ3v) is 3.41. The molecule has 5 nitrogen and oxygen atoms in total. The summed E-state index contributed by atoms with van der Waals surface area (Å²) in [5, 5.41) is 15.8. The Morgan fingerprint density at radius 1 is 1.53 bits per heavy atom. The maximum absolute atomic E-state index is 4.26. The molecule has 1 unspecified atom stereocenters. The summed E-state index contributed by atoms with van der Waals surface area (Å²) < 4.78 is 0. The summed E-state index contributed by atoms with van der Waals surface area (Å²) in [6, 6.07) is 0. The zero-order valence-corrected chi connectivity index (χ0v) is 9.69. The second kappa shape index (κ2) is 3.89. The van der Waals surface area contributed by atoms with E-state index in [1.165, 1.54) is 17.6 Å². The number of hydrogen-bond acceptors (Lipinski definition) is 4. The molecule has 1 aromatic heterocycles. The van der Waals surface area contributed by atoms with Gasteiger partial charge in [-0.2, -0.15) is 4.80 Å². The van der Waals surface area contributed by atoms with E-state index in [1.807, 2.05) is 0 Å². The largest absolute Gasteiger partial charge is 0.311 e. The van der Waals surface area contributed by atoms with E-state index < -0.39 is 0 Å². The second-order valence-electron chi connectivity index (χ2n) is 4.71. The van der Waals surface area contributed by atoms with Gasteiger partial charge >= 0.3 is 0 Å². The summed E-state index contributed by atoms with van der Waals surface area (Å²) >= 11 is 0. The molecular formula is C10H19N5. The molecule has 2 rings (SSSR count). The zero-order chi connectivity index (χ0) is 10.9. The van der Waals surface area contributed by atoms with Gasteiger partial charge in [-0.1, -0.05) is 13.8 Å². The third kappa shape index (κ3) is 2.02. The molecule has 0 saturated carbocycles. The summed E-state index contributed by atoms with van der Waals surface area (Å²) in [5.74, 6) is 1.45. The minimum absolute atomic E-state index is 0.184. The molecule has 15 heavy (non-hydrogen) atoms. The van der Waals surface area contributed by atoms with E-state index in [2.05, 4.69) is 34.6 Å². The normalized spacial score (nSPS) is 26.4. The average Bonchev–Trinajstić information content (AvgIpc) is 2.77. The van der Waals surface area contributed by atoms with Crippen molar-refractivity contribution in [2.75, 3.05) is 6.54 Å². The molecule has 84 valence electrons. The van der Waals surface area contributed by atoms with Crippen LogP contribution < -0.4 is 5.32 Å². The van der Waals surface area contributed by atoms with Crippen molar-refractivity contribution in [3.63, 3.8) is 0 Å². The molecule has 0 aromatic carbocycles. The van der Waals surface area contributed by atoms with Gasteiger partial charge < -0.3 is 5.32 Å². The molecule has 1 fully saturated rings. The first-order valence-electron chi connectivity index (χ1n) is 5.60. The first-order valence-corrected chi connectivity index (χ1v) is 5.60. The standard InChI is InChI=1S/C10H19N5/c1-8(2)10(5-4-6-11-10)7-9-12-14-15(3)13-9/h8,11H,4-7H2,1-3H3. The first-order chi connectivity index (χ1) is 7.12. The Kier molecular flexibility index (Phi) is 2.73. The molecule has 1 saturated heterocycles. The second-order valence-corrected chi connectivity index (χ2v) is 4.71. The molecule has 0 spiro atoms. The number of aryl methyl sites for hydroxylation is 1. The van der Waals surface area contributed by atoms with Gasteiger partial charge in [-0.3, -0.25) is 0 Å². The van der Waals surface area contributed by atoms with Crippen LogP contribution in [0, 0.1) is 5.92 Å². The Morgan fingerprint density at radius 3 is 2.80 bits per heavy atom. The lowest BCUT2D eigenvalue weighted by molar-refractivity contribution is 0.264. The van der Waals surface area contributed by atoms with Crippen LogP contribution in [-0.4, -0.2) is 32.3 Å². The number of nitrogens with one attached hydrogen (secondary N) is 1. The topological polar surface area (TPSA) is 55.6 Å². The van der Waals surface area contributed by atoms with Crippen LogP contribution >= 0.6 is 0 Å². The number of rotatable bonds is 3. The molecule has 1 atom stereocenters. The fraction of sp³-hybridized carbons (Fsp3) is 0.900. The van der Waals surface area contributed by atoms with Crippen molar-refractivity contribution in [3.8, 4) is 0 Å². The lowest BCUT2D eigenvalue weighted by Gasteiger charge is -2.32. The van der Waals surface area contributed by atoms with Gasteiger partial charge in [-0.05, 0) is 30.5 Å². The van der Waals surface area contributed by atoms with Crippen LogP contribution in [0.4, 0.5) is 0 Å². The van der Waals surface area contributed by atoms with E-state index in [1.54, 1.807) is 7.05 Å². The number of aromatic nitrogens is 4. The minimum Gasteiger partial charge on any atom is -0.311 e. The molecule has 0 radical (unpaired) electrons. The van der Waals surface area contributed by atoms with Gasteiger partial charge in [0.05, 0.1) is 7.05 Å². The Balaban J connectivity index is 2.13. The molecule has 5 heteroatoms. The van der Waals surface area contributed by atoms with Gasteiger partial charge in [-0.15, -0.1) is 10.2 Å². The minimum atomic E-state index is 0.184. The van der Waals surface area contributed by atoms with E-state index in [-0.39, 0.29) is 5.54 Å². The Morgan fingerprint density at radius 2 is 2.33 bits per heavy atom. The predicted octanol–water partition coefficient (Wildman–Crippen LogP) is 0.531. The van der Waals surface area contributed by atoms with Crippen molar-refractivity contribution in [1.82, 2.24) is 25.5 Å². The fourth-order valence-electron chi connectivity index (χ4n) is 2.35. The van der Waals surface area contributed by atoms with E-state index in [9.17, 15) is 0 Å². The number of nitrogens with zero attached hydrogens (tertiary/aromatic N) is 4.